The third-order valence-electron chi connectivity index (χ3n) is 4.94. The van der Waals surface area contributed by atoms with Crippen LogP contribution in [-0.2, 0) is 21.4 Å². The van der Waals surface area contributed by atoms with E-state index in [9.17, 15) is 22.4 Å². The third kappa shape index (κ3) is 5.22. The van der Waals surface area contributed by atoms with Gasteiger partial charge in [-0.25, -0.2) is 12.8 Å². The Labute approximate surface area is 175 Å². The van der Waals surface area contributed by atoms with E-state index in [2.05, 4.69) is 5.32 Å². The lowest BCUT2D eigenvalue weighted by Gasteiger charge is -2.17. The zero-order chi connectivity index (χ0) is 21.7. The number of nitrogens with one attached hydrogen (secondary N) is 1. The average Bonchev–Trinajstić information content (AvgIpc) is 3.27. The summed E-state index contributed by atoms with van der Waals surface area (Å²) in [5.41, 5.74) is 1.32. The van der Waals surface area contributed by atoms with Crippen LogP contribution < -0.4 is 5.32 Å². The molecule has 1 aliphatic rings. The maximum Gasteiger partial charge on any atom is 0.253 e. The summed E-state index contributed by atoms with van der Waals surface area (Å²) in [4.78, 5) is 26.4. The molecule has 0 aromatic heterocycles. The van der Waals surface area contributed by atoms with Crippen molar-refractivity contribution in [1.29, 1.82) is 0 Å². The van der Waals surface area contributed by atoms with Gasteiger partial charge in [0.15, 0.2) is 0 Å². The zero-order valence-corrected chi connectivity index (χ0v) is 17.5. The minimum Gasteiger partial charge on any atom is -0.351 e. The van der Waals surface area contributed by atoms with Gasteiger partial charge in [-0.3, -0.25) is 9.59 Å². The molecule has 2 aromatic rings. The minimum atomic E-state index is -3.91. The minimum absolute atomic E-state index is 0.0224. The van der Waals surface area contributed by atoms with Gasteiger partial charge in [-0.2, -0.15) is 4.31 Å². The Bertz CT molecular complexity index is 1020. The van der Waals surface area contributed by atoms with E-state index in [0.717, 1.165) is 60.1 Å². The molecule has 1 saturated heterocycles. The molecule has 0 bridgehead atoms. The van der Waals surface area contributed by atoms with Crippen LogP contribution in [0.3, 0.4) is 0 Å². The largest absolute Gasteiger partial charge is 0.351 e. The number of hydrogen-bond acceptors (Lipinski definition) is 4. The van der Waals surface area contributed by atoms with Crippen LogP contribution in [-0.4, -0.2) is 56.1 Å². The van der Waals surface area contributed by atoms with Gasteiger partial charge < -0.3 is 10.2 Å². The maximum absolute atomic E-state index is 13.0. The summed E-state index contributed by atoms with van der Waals surface area (Å²) < 4.78 is 38.9. The van der Waals surface area contributed by atoms with E-state index in [4.69, 9.17) is 0 Å². The van der Waals surface area contributed by atoms with Gasteiger partial charge in [0.2, 0.25) is 15.9 Å². The van der Waals surface area contributed by atoms with Gasteiger partial charge in [0.25, 0.3) is 5.91 Å². The Hall–Kier alpha value is -2.78. The van der Waals surface area contributed by atoms with Crippen LogP contribution in [0.5, 0.6) is 0 Å². The first kappa shape index (κ1) is 21.9. The summed E-state index contributed by atoms with van der Waals surface area (Å²) >= 11 is 0. The predicted octanol–water partition coefficient (Wildman–Crippen LogP) is 2.00. The fraction of sp³-hybridized carbons (Fsp3) is 0.333. The second-order valence-corrected chi connectivity index (χ2v) is 9.24. The molecule has 160 valence electrons. The van der Waals surface area contributed by atoms with Crippen molar-refractivity contribution in [2.45, 2.75) is 24.3 Å². The highest BCUT2D eigenvalue weighted by Crippen LogP contribution is 2.15. The number of likely N-dealkylation sites (N-methyl/N-ethyl adjacent to an activating group) is 1. The number of hydrogen-bond donors (Lipinski definition) is 1. The Balaban J connectivity index is 1.57. The Morgan fingerprint density at radius 3 is 2.43 bits per heavy atom. The number of amides is 2. The molecule has 0 radical (unpaired) electrons. The molecule has 1 heterocycles. The van der Waals surface area contributed by atoms with E-state index in [1.807, 2.05) is 4.90 Å². The molecule has 0 spiro atoms. The van der Waals surface area contributed by atoms with Gasteiger partial charge >= 0.3 is 0 Å². The highest BCUT2D eigenvalue weighted by Gasteiger charge is 2.23. The monoisotopic (exact) mass is 433 g/mol. The first-order valence-corrected chi connectivity index (χ1v) is 11.1. The molecule has 0 unspecified atom stereocenters. The molecule has 0 atom stereocenters. The molecule has 1 fully saturated rings. The second kappa shape index (κ2) is 9.36. The third-order valence-corrected chi connectivity index (χ3v) is 6.76. The number of sulfonamides is 1. The van der Waals surface area contributed by atoms with Crippen LogP contribution in [0.4, 0.5) is 4.39 Å². The standard InChI is InChI=1S/C21H24FN3O4S/c1-24(30(28,29)19-9-7-18(22)8-10-19)15-20(26)23-14-16-5-4-6-17(13-16)21(27)25-11-2-3-12-25/h4-10,13H,2-3,11-12,14-15H2,1H3,(H,23,26). The van der Waals surface area contributed by atoms with Crippen molar-refractivity contribution < 1.29 is 22.4 Å². The molecular formula is C21H24FN3O4S. The number of benzene rings is 2. The molecule has 7 nitrogen and oxygen atoms in total. The first-order chi connectivity index (χ1) is 14.3. The SMILES string of the molecule is CN(CC(=O)NCc1cccc(C(=O)N2CCCC2)c1)S(=O)(=O)c1ccc(F)cc1. The summed E-state index contributed by atoms with van der Waals surface area (Å²) in [6, 6.07) is 11.4. The molecule has 0 saturated carbocycles. The van der Waals surface area contributed by atoms with Crippen molar-refractivity contribution in [3.05, 3.63) is 65.5 Å². The highest BCUT2D eigenvalue weighted by atomic mass is 32.2. The smallest absolute Gasteiger partial charge is 0.253 e. The summed E-state index contributed by atoms with van der Waals surface area (Å²) in [5.74, 6) is -1.05. The van der Waals surface area contributed by atoms with Gasteiger partial charge in [0.05, 0.1) is 11.4 Å². The molecule has 30 heavy (non-hydrogen) atoms. The van der Waals surface area contributed by atoms with Crippen molar-refractivity contribution in [3.63, 3.8) is 0 Å². The first-order valence-electron chi connectivity index (χ1n) is 9.64. The van der Waals surface area contributed by atoms with Crippen LogP contribution in [0, 0.1) is 5.82 Å². The lowest BCUT2D eigenvalue weighted by molar-refractivity contribution is -0.121. The zero-order valence-electron chi connectivity index (χ0n) is 16.7. The fourth-order valence-corrected chi connectivity index (χ4v) is 4.37. The Morgan fingerprint density at radius 1 is 1.10 bits per heavy atom. The average molecular weight is 434 g/mol. The van der Waals surface area contributed by atoms with Crippen molar-refractivity contribution in [2.24, 2.45) is 0 Å². The molecule has 3 rings (SSSR count). The van der Waals surface area contributed by atoms with Crippen molar-refractivity contribution in [2.75, 3.05) is 26.7 Å². The number of rotatable bonds is 7. The lowest BCUT2D eigenvalue weighted by atomic mass is 10.1. The van der Waals surface area contributed by atoms with Crippen LogP contribution >= 0.6 is 0 Å². The van der Waals surface area contributed by atoms with Gasteiger partial charge in [-0.05, 0) is 54.8 Å². The van der Waals surface area contributed by atoms with Gasteiger partial charge in [0, 0.05) is 32.2 Å². The second-order valence-electron chi connectivity index (χ2n) is 7.19. The van der Waals surface area contributed by atoms with Crippen LogP contribution in [0.25, 0.3) is 0 Å². The quantitative estimate of drug-likeness (QED) is 0.724. The number of halogens is 1. The summed E-state index contributed by atoms with van der Waals surface area (Å²) in [5, 5.41) is 2.67. The topological polar surface area (TPSA) is 86.8 Å². The van der Waals surface area contributed by atoms with Crippen molar-refractivity contribution in [1.82, 2.24) is 14.5 Å². The summed E-state index contributed by atoms with van der Waals surface area (Å²) in [6.07, 6.45) is 2.02. The van der Waals surface area contributed by atoms with E-state index >= 15 is 0 Å². The highest BCUT2D eigenvalue weighted by molar-refractivity contribution is 7.89. The molecule has 2 amide bonds. The Morgan fingerprint density at radius 2 is 1.77 bits per heavy atom. The van der Waals surface area contributed by atoms with Gasteiger partial charge in [-0.1, -0.05) is 12.1 Å². The summed E-state index contributed by atoms with van der Waals surface area (Å²) in [6.45, 7) is 1.31. The Kier molecular flexibility index (Phi) is 6.84. The van der Waals surface area contributed by atoms with Crippen molar-refractivity contribution in [3.8, 4) is 0 Å². The number of carbonyl (C=O) groups excluding carboxylic acids is 2. The van der Waals surface area contributed by atoms with Crippen LogP contribution in [0.2, 0.25) is 0 Å². The predicted molar refractivity (Wildman–Crippen MR) is 110 cm³/mol. The molecule has 9 heteroatoms. The fourth-order valence-electron chi connectivity index (χ4n) is 3.25. The molecule has 2 aromatic carbocycles. The molecule has 0 aliphatic carbocycles. The van der Waals surface area contributed by atoms with Gasteiger partial charge in [0.1, 0.15) is 5.82 Å². The maximum atomic E-state index is 13.0. The number of nitrogens with zero attached hydrogens (tertiary/aromatic N) is 2. The lowest BCUT2D eigenvalue weighted by Crippen LogP contribution is -2.38. The molecular weight excluding hydrogens is 409 g/mol. The molecule has 1 N–H and O–H groups in total. The summed E-state index contributed by atoms with van der Waals surface area (Å²) in [7, 11) is -2.62. The van der Waals surface area contributed by atoms with E-state index < -0.39 is 21.7 Å². The van der Waals surface area contributed by atoms with Gasteiger partial charge in [-0.15, -0.1) is 0 Å². The van der Waals surface area contributed by atoms with E-state index in [0.29, 0.717) is 5.56 Å². The van der Waals surface area contributed by atoms with Crippen molar-refractivity contribution >= 4 is 21.8 Å². The van der Waals surface area contributed by atoms with E-state index in [-0.39, 0.29) is 23.9 Å². The van der Waals surface area contributed by atoms with E-state index in [1.165, 1.54) is 7.05 Å². The van der Waals surface area contributed by atoms with Crippen LogP contribution in [0.15, 0.2) is 53.4 Å². The van der Waals surface area contributed by atoms with Crippen LogP contribution in [0.1, 0.15) is 28.8 Å². The van der Waals surface area contributed by atoms with E-state index in [1.54, 1.807) is 24.3 Å². The number of carbonyl (C=O) groups is 2. The molecule has 1 aliphatic heterocycles. The normalized spacial score (nSPS) is 14.2. The number of likely N-dealkylation sites (tertiary alicyclic amines) is 1.